The summed E-state index contributed by atoms with van der Waals surface area (Å²) in [6.07, 6.45) is 3.53. The van der Waals surface area contributed by atoms with Crippen molar-refractivity contribution in [3.05, 3.63) is 42.9 Å². The Kier molecular flexibility index (Phi) is 3.92. The zero-order valence-corrected chi connectivity index (χ0v) is 8.94. The lowest BCUT2D eigenvalue weighted by molar-refractivity contribution is -0.414. The van der Waals surface area contributed by atoms with Gasteiger partial charge in [0.1, 0.15) is 18.6 Å². The molecule has 78 valence electrons. The van der Waals surface area contributed by atoms with Crippen LogP contribution in [0, 0.1) is 5.82 Å². The van der Waals surface area contributed by atoms with Gasteiger partial charge in [-0.25, -0.2) is 14.0 Å². The molecule has 0 spiro atoms. The van der Waals surface area contributed by atoms with Crippen LogP contribution < -0.4 is 0 Å². The van der Waals surface area contributed by atoms with Crippen LogP contribution in [0.2, 0.25) is 0 Å². The molecule has 1 aromatic carbocycles. The molecule has 0 aliphatic carbocycles. The standard InChI is InChI=1S/C12H14FN2/c1-4-15(3)9-10(2)14-12-7-5-11(13)6-8-12/h4-9H,1H2,2-3H3/q+1. The topological polar surface area (TPSA) is 15.4 Å². The summed E-state index contributed by atoms with van der Waals surface area (Å²) in [7, 11) is 1.87. The lowest BCUT2D eigenvalue weighted by Gasteiger charge is -1.94. The van der Waals surface area contributed by atoms with Crippen molar-refractivity contribution in [3.8, 4) is 0 Å². The molecule has 0 N–H and O–H groups in total. The van der Waals surface area contributed by atoms with Crippen LogP contribution in [0.5, 0.6) is 0 Å². The zero-order valence-electron chi connectivity index (χ0n) is 8.94. The maximum atomic E-state index is 12.6. The second kappa shape index (κ2) is 5.20. The molecule has 1 rings (SSSR count). The summed E-state index contributed by atoms with van der Waals surface area (Å²) in [5.74, 6) is -0.251. The summed E-state index contributed by atoms with van der Waals surface area (Å²) in [6.45, 7) is 5.50. The highest BCUT2D eigenvalue weighted by Crippen LogP contribution is 2.11. The average molecular weight is 205 g/mol. The van der Waals surface area contributed by atoms with E-state index < -0.39 is 0 Å². The Labute approximate surface area is 89.1 Å². The maximum Gasteiger partial charge on any atom is 0.189 e. The molecule has 15 heavy (non-hydrogen) atoms. The third-order valence-electron chi connectivity index (χ3n) is 1.81. The molecule has 0 bridgehead atoms. The SMILES string of the molecule is C=C[N+](C)=CC(C)=Nc1ccc(F)cc1. The van der Waals surface area contributed by atoms with Gasteiger partial charge in [0.2, 0.25) is 0 Å². The third-order valence-corrected chi connectivity index (χ3v) is 1.81. The number of hydrogen-bond acceptors (Lipinski definition) is 1. The van der Waals surface area contributed by atoms with E-state index in [9.17, 15) is 4.39 Å². The Morgan fingerprint density at radius 1 is 1.40 bits per heavy atom. The Morgan fingerprint density at radius 2 is 2.00 bits per heavy atom. The molecule has 0 fully saturated rings. The molecule has 0 saturated carbocycles. The van der Waals surface area contributed by atoms with Gasteiger partial charge >= 0.3 is 0 Å². The Morgan fingerprint density at radius 3 is 2.53 bits per heavy atom. The van der Waals surface area contributed by atoms with Crippen LogP contribution in [0.1, 0.15) is 6.92 Å². The lowest BCUT2D eigenvalue weighted by atomic mass is 10.3. The van der Waals surface area contributed by atoms with Crippen LogP contribution in [0.3, 0.4) is 0 Å². The van der Waals surface area contributed by atoms with Gasteiger partial charge in [-0.3, -0.25) is 0 Å². The van der Waals surface area contributed by atoms with Crippen LogP contribution in [0.15, 0.2) is 42.0 Å². The van der Waals surface area contributed by atoms with Crippen LogP contribution in [-0.2, 0) is 0 Å². The molecular weight excluding hydrogens is 191 g/mol. The van der Waals surface area contributed by atoms with E-state index in [1.54, 1.807) is 18.3 Å². The van der Waals surface area contributed by atoms with Crippen molar-refractivity contribution in [3.63, 3.8) is 0 Å². The van der Waals surface area contributed by atoms with E-state index in [2.05, 4.69) is 11.6 Å². The normalized spacial score (nSPS) is 12.7. The molecule has 0 saturated heterocycles. The molecule has 3 heteroatoms. The first-order valence-corrected chi connectivity index (χ1v) is 4.62. The van der Waals surface area contributed by atoms with Crippen molar-refractivity contribution in [2.24, 2.45) is 4.99 Å². The molecule has 1 aromatic rings. The fourth-order valence-corrected chi connectivity index (χ4v) is 1.10. The Balaban J connectivity index is 2.87. The van der Waals surface area contributed by atoms with E-state index in [0.717, 1.165) is 11.4 Å². The molecule has 0 aliphatic rings. The van der Waals surface area contributed by atoms with Crippen molar-refractivity contribution in [2.45, 2.75) is 6.92 Å². The van der Waals surface area contributed by atoms with Gasteiger partial charge in [-0.15, -0.1) is 0 Å². The first kappa shape index (κ1) is 11.3. The molecule has 0 aromatic heterocycles. The minimum Gasteiger partial charge on any atom is -0.248 e. The monoisotopic (exact) mass is 205 g/mol. The van der Waals surface area contributed by atoms with Gasteiger partial charge in [-0.1, -0.05) is 0 Å². The van der Waals surface area contributed by atoms with E-state index >= 15 is 0 Å². The van der Waals surface area contributed by atoms with Crippen LogP contribution in [0.4, 0.5) is 10.1 Å². The molecule has 0 amide bonds. The summed E-state index contributed by atoms with van der Waals surface area (Å²) in [5, 5.41) is 0. The second-order valence-electron chi connectivity index (χ2n) is 3.21. The minimum atomic E-state index is -0.251. The molecule has 2 nitrogen and oxygen atoms in total. The summed E-state index contributed by atoms with van der Waals surface area (Å²) >= 11 is 0. The highest BCUT2D eigenvalue weighted by Gasteiger charge is 1.95. The highest BCUT2D eigenvalue weighted by molar-refractivity contribution is 6.28. The fraction of sp³-hybridized carbons (Fsp3) is 0.167. The number of hydrogen-bond donors (Lipinski definition) is 0. The average Bonchev–Trinajstić information content (AvgIpc) is 2.21. The Hall–Kier alpha value is -1.77. The summed E-state index contributed by atoms with van der Waals surface area (Å²) < 4.78 is 14.4. The van der Waals surface area contributed by atoms with Crippen LogP contribution >= 0.6 is 0 Å². The number of nitrogens with zero attached hydrogens (tertiary/aromatic N) is 2. The van der Waals surface area contributed by atoms with Crippen molar-refractivity contribution < 1.29 is 8.97 Å². The van der Waals surface area contributed by atoms with Gasteiger partial charge < -0.3 is 0 Å². The third kappa shape index (κ3) is 3.85. The largest absolute Gasteiger partial charge is 0.248 e. The number of rotatable bonds is 3. The molecular formula is C12H14FN2+. The van der Waals surface area contributed by atoms with Crippen molar-refractivity contribution in [1.29, 1.82) is 0 Å². The predicted molar refractivity (Wildman–Crippen MR) is 61.6 cm³/mol. The van der Waals surface area contributed by atoms with E-state index in [-0.39, 0.29) is 5.82 Å². The van der Waals surface area contributed by atoms with Crippen LogP contribution in [-0.4, -0.2) is 23.5 Å². The summed E-state index contributed by atoms with van der Waals surface area (Å²) in [4.78, 5) is 4.29. The fourth-order valence-electron chi connectivity index (χ4n) is 1.10. The van der Waals surface area contributed by atoms with Gasteiger partial charge in [0.05, 0.1) is 5.69 Å². The first-order chi connectivity index (χ1) is 7.11. The van der Waals surface area contributed by atoms with E-state index in [1.165, 1.54) is 12.1 Å². The van der Waals surface area contributed by atoms with E-state index in [4.69, 9.17) is 0 Å². The Bertz CT molecular complexity index is 402. The molecule has 0 heterocycles. The smallest absolute Gasteiger partial charge is 0.189 e. The van der Waals surface area contributed by atoms with Gasteiger partial charge in [-0.05, 0) is 37.8 Å². The van der Waals surface area contributed by atoms with Crippen molar-refractivity contribution in [2.75, 3.05) is 7.05 Å². The van der Waals surface area contributed by atoms with E-state index in [1.807, 2.05) is 24.8 Å². The molecule has 0 atom stereocenters. The second-order valence-corrected chi connectivity index (χ2v) is 3.21. The summed E-state index contributed by atoms with van der Waals surface area (Å²) in [5.41, 5.74) is 1.58. The lowest BCUT2D eigenvalue weighted by Crippen LogP contribution is -2.04. The number of aliphatic imine (C=N–C) groups is 1. The molecule has 0 aliphatic heterocycles. The van der Waals surface area contributed by atoms with Crippen LogP contribution in [0.25, 0.3) is 0 Å². The van der Waals surface area contributed by atoms with Crippen molar-refractivity contribution in [1.82, 2.24) is 0 Å². The quantitative estimate of drug-likeness (QED) is 0.532. The first-order valence-electron chi connectivity index (χ1n) is 4.62. The number of benzene rings is 1. The zero-order chi connectivity index (χ0) is 11.3. The van der Waals surface area contributed by atoms with E-state index in [0.29, 0.717) is 0 Å². The predicted octanol–water partition coefficient (Wildman–Crippen LogP) is 2.77. The minimum absolute atomic E-state index is 0.251. The molecule has 0 radical (unpaired) electrons. The van der Waals surface area contributed by atoms with Gasteiger partial charge in [-0.2, -0.15) is 0 Å². The maximum absolute atomic E-state index is 12.6. The highest BCUT2D eigenvalue weighted by atomic mass is 19.1. The van der Waals surface area contributed by atoms with Gasteiger partial charge in [0.15, 0.2) is 12.4 Å². The van der Waals surface area contributed by atoms with Crippen molar-refractivity contribution >= 4 is 17.6 Å². The molecule has 0 unspecified atom stereocenters. The van der Waals surface area contributed by atoms with Gasteiger partial charge in [0.25, 0.3) is 0 Å². The number of halogens is 1. The van der Waals surface area contributed by atoms with Gasteiger partial charge in [0, 0.05) is 0 Å². The summed E-state index contributed by atoms with van der Waals surface area (Å²) in [6, 6.07) is 6.06.